The van der Waals surface area contributed by atoms with Crippen LogP contribution in [0.25, 0.3) is 0 Å². The fourth-order valence-corrected chi connectivity index (χ4v) is 0.897. The molecule has 1 N–H and O–H groups in total. The van der Waals surface area contributed by atoms with Crippen molar-refractivity contribution in [2.75, 3.05) is 26.4 Å². The van der Waals surface area contributed by atoms with E-state index in [0.29, 0.717) is 0 Å². The van der Waals surface area contributed by atoms with Gasteiger partial charge in [-0.3, -0.25) is 9.59 Å². The molecule has 0 saturated carbocycles. The zero-order chi connectivity index (χ0) is 14.9. The summed E-state index contributed by atoms with van der Waals surface area (Å²) in [6, 6.07) is 0. The van der Waals surface area contributed by atoms with Crippen molar-refractivity contribution < 1.29 is 28.6 Å². The molecule has 0 saturated heterocycles. The van der Waals surface area contributed by atoms with Gasteiger partial charge in [0.2, 0.25) is 5.91 Å². The Balaban J connectivity index is 3.73. The van der Waals surface area contributed by atoms with Crippen LogP contribution in [0.3, 0.4) is 0 Å². The number of nitrogens with one attached hydrogen (secondary N) is 1. The molecule has 7 nitrogen and oxygen atoms in total. The highest BCUT2D eigenvalue weighted by atomic mass is 16.6. The normalized spacial score (nSPS) is 10.7. The van der Waals surface area contributed by atoms with Gasteiger partial charge in [-0.2, -0.15) is 0 Å². The third-order valence-electron chi connectivity index (χ3n) is 1.72. The summed E-state index contributed by atoms with van der Waals surface area (Å²) in [6.07, 6.45) is 0. The molecule has 0 radical (unpaired) electrons. The van der Waals surface area contributed by atoms with Crippen molar-refractivity contribution in [1.29, 1.82) is 0 Å². The van der Waals surface area contributed by atoms with Gasteiger partial charge in [0, 0.05) is 0 Å². The smallest absolute Gasteiger partial charge is 0.344 e. The number of esters is 2. The first-order chi connectivity index (χ1) is 8.74. The second-order valence-electron chi connectivity index (χ2n) is 4.64. The monoisotopic (exact) mass is 275 g/mol. The zero-order valence-corrected chi connectivity index (χ0v) is 11.8. The van der Waals surface area contributed by atoms with Crippen LogP contribution in [-0.4, -0.2) is 49.8 Å². The number of carbonyl (C=O) groups excluding carboxylic acids is 3. The van der Waals surface area contributed by atoms with Crippen LogP contribution >= 0.6 is 0 Å². The molecule has 0 atom stereocenters. The highest BCUT2D eigenvalue weighted by molar-refractivity contribution is 5.83. The first-order valence-electron chi connectivity index (χ1n) is 5.96. The Kier molecular flexibility index (Phi) is 7.74. The highest BCUT2D eigenvalue weighted by Crippen LogP contribution is 2.05. The summed E-state index contributed by atoms with van der Waals surface area (Å²) in [5, 5.41) is 2.32. The molecule has 0 heterocycles. The minimum Gasteiger partial charge on any atom is -0.463 e. The topological polar surface area (TPSA) is 90.9 Å². The molecule has 0 spiro atoms. The second-order valence-corrected chi connectivity index (χ2v) is 4.64. The largest absolute Gasteiger partial charge is 0.463 e. The number of hydrogen-bond donors (Lipinski definition) is 1. The van der Waals surface area contributed by atoms with Gasteiger partial charge in [0.05, 0.1) is 12.2 Å². The van der Waals surface area contributed by atoms with Crippen molar-refractivity contribution in [2.24, 2.45) is 0 Å². The van der Waals surface area contributed by atoms with Gasteiger partial charge in [0.1, 0.15) is 13.2 Å². The van der Waals surface area contributed by atoms with Crippen molar-refractivity contribution in [3.8, 4) is 0 Å². The molecule has 0 aliphatic rings. The summed E-state index contributed by atoms with van der Waals surface area (Å²) < 4.78 is 14.4. The van der Waals surface area contributed by atoms with E-state index in [1.807, 2.05) is 20.8 Å². The molecule has 7 heteroatoms. The molecule has 0 aromatic heterocycles. The van der Waals surface area contributed by atoms with Crippen LogP contribution in [0.1, 0.15) is 27.7 Å². The summed E-state index contributed by atoms with van der Waals surface area (Å²) in [4.78, 5) is 33.4. The van der Waals surface area contributed by atoms with E-state index in [4.69, 9.17) is 4.74 Å². The van der Waals surface area contributed by atoms with Crippen LogP contribution in [0.2, 0.25) is 0 Å². The third kappa shape index (κ3) is 11.2. The lowest BCUT2D eigenvalue weighted by molar-refractivity contribution is -0.158. The summed E-state index contributed by atoms with van der Waals surface area (Å²) in [5.41, 5.74) is -0.429. The van der Waals surface area contributed by atoms with Crippen molar-refractivity contribution in [3.63, 3.8) is 0 Å². The maximum absolute atomic E-state index is 11.3. The van der Waals surface area contributed by atoms with Crippen LogP contribution in [0.15, 0.2) is 0 Å². The first kappa shape index (κ1) is 17.4. The van der Waals surface area contributed by atoms with Gasteiger partial charge < -0.3 is 19.5 Å². The van der Waals surface area contributed by atoms with Gasteiger partial charge in [-0.15, -0.1) is 0 Å². The molecule has 0 unspecified atom stereocenters. The van der Waals surface area contributed by atoms with Crippen molar-refractivity contribution >= 4 is 17.8 Å². The Bertz CT molecular complexity index is 321. The molecule has 0 aromatic rings. The predicted octanol–water partition coefficient (Wildman–Crippen LogP) is 0.0240. The standard InChI is InChI=1S/C12H21NO6/c1-5-17-11(16)8-18-10(15)6-13-9(14)7-19-12(2,3)4/h5-8H2,1-4H3,(H,13,14). The van der Waals surface area contributed by atoms with Gasteiger partial charge >= 0.3 is 11.9 Å². The number of rotatable bonds is 7. The zero-order valence-electron chi connectivity index (χ0n) is 11.8. The summed E-state index contributed by atoms with van der Waals surface area (Å²) in [6.45, 7) is 6.39. The lowest BCUT2D eigenvalue weighted by atomic mass is 10.2. The van der Waals surface area contributed by atoms with E-state index in [0.717, 1.165) is 0 Å². The van der Waals surface area contributed by atoms with Gasteiger partial charge in [0.25, 0.3) is 0 Å². The highest BCUT2D eigenvalue weighted by Gasteiger charge is 2.14. The molecule has 0 aliphatic heterocycles. The van der Waals surface area contributed by atoms with E-state index < -0.39 is 30.1 Å². The minimum atomic E-state index is -0.711. The van der Waals surface area contributed by atoms with Gasteiger partial charge in [-0.05, 0) is 27.7 Å². The molecule has 19 heavy (non-hydrogen) atoms. The summed E-state index contributed by atoms with van der Waals surface area (Å²) >= 11 is 0. The predicted molar refractivity (Wildman–Crippen MR) is 66.3 cm³/mol. The van der Waals surface area contributed by atoms with E-state index in [-0.39, 0.29) is 19.8 Å². The Morgan fingerprint density at radius 2 is 1.63 bits per heavy atom. The van der Waals surface area contributed by atoms with E-state index in [2.05, 4.69) is 14.8 Å². The fraction of sp³-hybridized carbons (Fsp3) is 0.750. The van der Waals surface area contributed by atoms with E-state index >= 15 is 0 Å². The van der Waals surface area contributed by atoms with Crippen LogP contribution in [0.5, 0.6) is 0 Å². The number of hydrogen-bond acceptors (Lipinski definition) is 6. The first-order valence-corrected chi connectivity index (χ1v) is 5.96. The average molecular weight is 275 g/mol. The fourth-order valence-electron chi connectivity index (χ4n) is 0.897. The maximum Gasteiger partial charge on any atom is 0.344 e. The quantitative estimate of drug-likeness (QED) is 0.659. The Morgan fingerprint density at radius 1 is 1.00 bits per heavy atom. The SMILES string of the molecule is CCOC(=O)COC(=O)CNC(=O)COC(C)(C)C. The molecule has 0 aromatic carbocycles. The summed E-state index contributed by atoms with van der Waals surface area (Å²) in [5.74, 6) is -1.77. The molecule has 110 valence electrons. The Hall–Kier alpha value is -1.63. The summed E-state index contributed by atoms with van der Waals surface area (Å²) in [7, 11) is 0. The average Bonchev–Trinajstić information content (AvgIpc) is 2.30. The molecule has 0 fully saturated rings. The van der Waals surface area contributed by atoms with Crippen LogP contribution in [0.4, 0.5) is 0 Å². The number of carbonyl (C=O) groups is 3. The lowest BCUT2D eigenvalue weighted by Crippen LogP contribution is -2.36. The van der Waals surface area contributed by atoms with Gasteiger partial charge in [-0.1, -0.05) is 0 Å². The number of amides is 1. The molecular weight excluding hydrogens is 254 g/mol. The van der Waals surface area contributed by atoms with Crippen LogP contribution in [-0.2, 0) is 28.6 Å². The Labute approximate surface area is 112 Å². The maximum atomic E-state index is 11.3. The van der Waals surface area contributed by atoms with E-state index in [1.165, 1.54) is 0 Å². The van der Waals surface area contributed by atoms with Gasteiger partial charge in [-0.25, -0.2) is 4.79 Å². The number of ether oxygens (including phenoxy) is 3. The van der Waals surface area contributed by atoms with Crippen LogP contribution in [0, 0.1) is 0 Å². The molecule has 0 rings (SSSR count). The van der Waals surface area contributed by atoms with Crippen molar-refractivity contribution in [3.05, 3.63) is 0 Å². The van der Waals surface area contributed by atoms with Crippen molar-refractivity contribution in [1.82, 2.24) is 5.32 Å². The van der Waals surface area contributed by atoms with E-state index in [9.17, 15) is 14.4 Å². The molecule has 0 aliphatic carbocycles. The molecular formula is C12H21NO6. The third-order valence-corrected chi connectivity index (χ3v) is 1.72. The molecule has 1 amide bonds. The molecule has 0 bridgehead atoms. The van der Waals surface area contributed by atoms with Crippen molar-refractivity contribution in [2.45, 2.75) is 33.3 Å². The second kappa shape index (κ2) is 8.47. The van der Waals surface area contributed by atoms with Gasteiger partial charge in [0.15, 0.2) is 6.61 Å². The minimum absolute atomic E-state index is 0.144. The van der Waals surface area contributed by atoms with E-state index in [1.54, 1.807) is 6.92 Å². The van der Waals surface area contributed by atoms with Crippen LogP contribution < -0.4 is 5.32 Å². The lowest BCUT2D eigenvalue weighted by Gasteiger charge is -2.18. The Morgan fingerprint density at radius 3 is 2.16 bits per heavy atom.